The maximum atomic E-state index is 6.42. The number of benzene rings is 4. The largest absolute Gasteiger partial charge is 2.00 e. The van der Waals surface area contributed by atoms with Crippen molar-refractivity contribution < 1.29 is 25.8 Å². The van der Waals surface area contributed by atoms with Crippen molar-refractivity contribution in [2.75, 3.05) is 0 Å². The van der Waals surface area contributed by atoms with E-state index in [1.165, 1.54) is 27.8 Å². The van der Waals surface area contributed by atoms with Crippen molar-refractivity contribution in [1.29, 1.82) is 0 Å². The molecular formula is C39H34N4OPt. The number of rotatable bonds is 6. The minimum absolute atomic E-state index is 0. The minimum atomic E-state index is 0. The minimum Gasteiger partial charge on any atom is -0.509 e. The van der Waals surface area contributed by atoms with E-state index in [2.05, 4.69) is 112 Å². The van der Waals surface area contributed by atoms with Gasteiger partial charge < -0.3 is 9.30 Å². The molecule has 0 bridgehead atoms. The molecule has 0 unspecified atom stereocenters. The van der Waals surface area contributed by atoms with Crippen molar-refractivity contribution in [2.24, 2.45) is 0 Å². The van der Waals surface area contributed by atoms with Gasteiger partial charge in [0.25, 0.3) is 0 Å². The molecule has 0 radical (unpaired) electrons. The van der Waals surface area contributed by atoms with Crippen LogP contribution in [-0.2, 0) is 27.5 Å². The van der Waals surface area contributed by atoms with Gasteiger partial charge in [-0.25, -0.2) is 4.98 Å². The van der Waals surface area contributed by atoms with Gasteiger partial charge in [0.2, 0.25) is 0 Å². The third-order valence-corrected chi connectivity index (χ3v) is 8.31. The molecule has 4 aromatic carbocycles. The molecule has 0 amide bonds. The van der Waals surface area contributed by atoms with Gasteiger partial charge in [-0.3, -0.25) is 4.68 Å². The Labute approximate surface area is 278 Å². The number of ether oxygens (including phenoxy) is 1. The van der Waals surface area contributed by atoms with Gasteiger partial charge in [0.15, 0.2) is 0 Å². The fourth-order valence-electron chi connectivity index (χ4n) is 6.55. The van der Waals surface area contributed by atoms with Gasteiger partial charge in [-0.2, -0.15) is 17.2 Å². The molecule has 226 valence electrons. The fraction of sp³-hybridized carbons (Fsp3) is 0.179. The zero-order valence-electron chi connectivity index (χ0n) is 26.3. The molecule has 0 atom stereocenters. The van der Waals surface area contributed by atoms with E-state index >= 15 is 0 Å². The van der Waals surface area contributed by atoms with Gasteiger partial charge in [0.05, 0.1) is 5.69 Å². The molecule has 5 nitrogen and oxygen atoms in total. The molecule has 45 heavy (non-hydrogen) atoms. The second kappa shape index (κ2) is 12.1. The number of aromatic nitrogens is 4. The van der Waals surface area contributed by atoms with Gasteiger partial charge in [0, 0.05) is 34.5 Å². The zero-order valence-corrected chi connectivity index (χ0v) is 28.6. The van der Waals surface area contributed by atoms with Crippen molar-refractivity contribution in [3.63, 3.8) is 0 Å². The third kappa shape index (κ3) is 5.40. The van der Waals surface area contributed by atoms with Crippen LogP contribution in [0.25, 0.3) is 44.4 Å². The maximum absolute atomic E-state index is 6.42. The topological polar surface area (TPSA) is 44.9 Å². The van der Waals surface area contributed by atoms with Crippen molar-refractivity contribution in [2.45, 2.75) is 48.0 Å². The summed E-state index contributed by atoms with van der Waals surface area (Å²) >= 11 is 0. The second-order valence-corrected chi connectivity index (χ2v) is 11.6. The molecule has 0 N–H and O–H groups in total. The van der Waals surface area contributed by atoms with Crippen LogP contribution < -0.4 is 4.74 Å². The third-order valence-electron chi connectivity index (χ3n) is 8.31. The fourth-order valence-corrected chi connectivity index (χ4v) is 6.55. The van der Waals surface area contributed by atoms with Crippen LogP contribution in [0.5, 0.6) is 11.5 Å². The summed E-state index contributed by atoms with van der Waals surface area (Å²) in [6.45, 7) is 12.9. The molecule has 0 saturated heterocycles. The summed E-state index contributed by atoms with van der Waals surface area (Å²) in [5.41, 5.74) is 12.4. The molecule has 6 heteroatoms. The molecule has 7 rings (SSSR count). The number of fused-ring (bicyclic) bond motifs is 3. The van der Waals surface area contributed by atoms with Crippen LogP contribution in [-0.4, -0.2) is 19.3 Å². The van der Waals surface area contributed by atoms with E-state index in [4.69, 9.17) is 9.84 Å². The second-order valence-electron chi connectivity index (χ2n) is 11.6. The van der Waals surface area contributed by atoms with E-state index in [0.717, 1.165) is 56.7 Å². The average Bonchev–Trinajstić information content (AvgIpc) is 3.51. The number of pyridine rings is 1. The van der Waals surface area contributed by atoms with Crippen LogP contribution in [0.4, 0.5) is 0 Å². The van der Waals surface area contributed by atoms with Gasteiger partial charge in [-0.15, -0.1) is 35.7 Å². The number of hydrogen-bond acceptors (Lipinski definition) is 3. The monoisotopic (exact) mass is 769 g/mol. The summed E-state index contributed by atoms with van der Waals surface area (Å²) in [7, 11) is 0. The Balaban J connectivity index is 0.00000357. The van der Waals surface area contributed by atoms with Crippen molar-refractivity contribution in [3.8, 4) is 34.1 Å². The molecule has 7 aromatic rings. The molecule has 0 spiro atoms. The van der Waals surface area contributed by atoms with E-state index < -0.39 is 0 Å². The van der Waals surface area contributed by atoms with Crippen LogP contribution in [0.15, 0.2) is 85.1 Å². The molecule has 3 aromatic heterocycles. The summed E-state index contributed by atoms with van der Waals surface area (Å²) in [6, 6.07) is 34.0. The van der Waals surface area contributed by atoms with Crippen LogP contribution in [0.2, 0.25) is 0 Å². The van der Waals surface area contributed by atoms with E-state index in [-0.39, 0.29) is 21.1 Å². The SMILES string of the molecule is CCc1c(-c2c(C)cc(C)cc2C)c(C)nn1-c1[c-]c(Oc2[c-]c3c(cc2)c2ccccc2n3-c2cc(C)ccn2)ccc1.[Pt+2]. The summed E-state index contributed by atoms with van der Waals surface area (Å²) in [5.74, 6) is 2.07. The quantitative estimate of drug-likeness (QED) is 0.158. The number of aryl methyl sites for hydroxylation is 5. The summed E-state index contributed by atoms with van der Waals surface area (Å²) in [4.78, 5) is 4.69. The molecule has 3 heterocycles. The van der Waals surface area contributed by atoms with Crippen LogP contribution in [0, 0.1) is 46.8 Å². The summed E-state index contributed by atoms with van der Waals surface area (Å²) < 4.78 is 10.6. The predicted molar refractivity (Wildman–Crippen MR) is 178 cm³/mol. The zero-order chi connectivity index (χ0) is 30.5. The number of hydrogen-bond donors (Lipinski definition) is 0. The first-order valence-electron chi connectivity index (χ1n) is 15.1. The first-order valence-corrected chi connectivity index (χ1v) is 15.1. The first-order chi connectivity index (χ1) is 21.3. The van der Waals surface area contributed by atoms with Gasteiger partial charge in [-0.1, -0.05) is 48.3 Å². The molecule has 0 saturated carbocycles. The number of nitrogens with zero attached hydrogens (tertiary/aromatic N) is 4. The van der Waals surface area contributed by atoms with Crippen LogP contribution >= 0.6 is 0 Å². The average molecular weight is 770 g/mol. The molecule has 0 aliphatic carbocycles. The van der Waals surface area contributed by atoms with Crippen LogP contribution in [0.3, 0.4) is 0 Å². The van der Waals surface area contributed by atoms with Crippen molar-refractivity contribution in [3.05, 3.63) is 131 Å². The van der Waals surface area contributed by atoms with E-state index in [9.17, 15) is 0 Å². The van der Waals surface area contributed by atoms with E-state index in [0.29, 0.717) is 11.5 Å². The van der Waals surface area contributed by atoms with Crippen molar-refractivity contribution >= 4 is 21.8 Å². The Hall–Kier alpha value is -4.47. The molecule has 0 aliphatic rings. The van der Waals surface area contributed by atoms with Gasteiger partial charge in [-0.05, 0) is 92.6 Å². The molecule has 0 aliphatic heterocycles. The predicted octanol–water partition coefficient (Wildman–Crippen LogP) is 9.53. The Morgan fingerprint density at radius 1 is 0.733 bits per heavy atom. The Bertz CT molecular complexity index is 2180. The van der Waals surface area contributed by atoms with Crippen molar-refractivity contribution in [1.82, 2.24) is 19.3 Å². The molecular weight excluding hydrogens is 736 g/mol. The first kappa shape index (κ1) is 30.6. The Morgan fingerprint density at radius 3 is 2.24 bits per heavy atom. The Kier molecular flexibility index (Phi) is 8.24. The summed E-state index contributed by atoms with van der Waals surface area (Å²) in [5, 5.41) is 7.26. The van der Waals surface area contributed by atoms with Gasteiger partial charge >= 0.3 is 21.1 Å². The standard InChI is InChI=1S/C39H34N4O.Pt/c1-7-34-39(38-26(4)19-25(3)20-27(38)5)28(6)41-43(34)29-11-10-12-30(22-29)44-31-15-16-33-32-13-8-9-14-35(32)42(36(33)23-31)37-21-24(2)17-18-40-37;/h8-21H,7H2,1-6H3;/q-2;+2. The van der Waals surface area contributed by atoms with E-state index in [1.54, 1.807) is 0 Å². The smallest absolute Gasteiger partial charge is 0.509 e. The molecule has 0 fully saturated rings. The normalized spacial score (nSPS) is 11.2. The van der Waals surface area contributed by atoms with Gasteiger partial charge in [0.1, 0.15) is 5.82 Å². The maximum Gasteiger partial charge on any atom is 2.00 e. The van der Waals surface area contributed by atoms with Crippen LogP contribution in [0.1, 0.15) is 40.6 Å². The number of para-hydroxylation sites is 1. The van der Waals surface area contributed by atoms with E-state index in [1.807, 2.05) is 41.2 Å². The Morgan fingerprint density at radius 2 is 1.49 bits per heavy atom. The summed E-state index contributed by atoms with van der Waals surface area (Å²) in [6.07, 6.45) is 2.68.